The molecule has 1 aliphatic rings. The van der Waals surface area contributed by atoms with E-state index in [1.54, 1.807) is 0 Å². The quantitative estimate of drug-likeness (QED) is 0.164. The van der Waals surface area contributed by atoms with Gasteiger partial charge in [0.1, 0.15) is 0 Å². The largest absolute Gasteiger partial charge is 0.256 e. The summed E-state index contributed by atoms with van der Waals surface area (Å²) in [6.45, 7) is 12.4. The first kappa shape index (κ1) is 32.0. The zero-order chi connectivity index (χ0) is 35.9. The minimum Gasteiger partial charge on any atom is -0.256 e. The lowest BCUT2D eigenvalue weighted by Crippen LogP contribution is -2.14. The number of hydrogen-bond acceptors (Lipinski definition) is 3. The van der Waals surface area contributed by atoms with Crippen molar-refractivity contribution >= 4 is 5.69 Å². The average Bonchev–Trinajstić information content (AvgIpc) is 3.47. The monoisotopic (exact) mass is 678 g/mol. The summed E-state index contributed by atoms with van der Waals surface area (Å²) in [7, 11) is 0. The van der Waals surface area contributed by atoms with Crippen LogP contribution in [0.4, 0.5) is 5.69 Å². The van der Waals surface area contributed by atoms with Crippen molar-refractivity contribution in [3.05, 3.63) is 193 Å². The van der Waals surface area contributed by atoms with Gasteiger partial charge in [0.15, 0.2) is 11.5 Å². The molecule has 0 saturated carbocycles. The second kappa shape index (κ2) is 13.0. The summed E-state index contributed by atoms with van der Waals surface area (Å²) < 4.78 is 0. The number of fused-ring (bicyclic) bond motifs is 3. The van der Waals surface area contributed by atoms with Gasteiger partial charge in [0.05, 0.1) is 23.7 Å². The zero-order valence-electron chi connectivity index (χ0n) is 29.5. The molecule has 0 spiro atoms. The number of pyridine rings is 1. The number of benzene rings is 6. The molecular weight excluding hydrogens is 645 g/mol. The maximum atomic E-state index is 7.86. The topological polar surface area (TPSA) is 43.0 Å². The van der Waals surface area contributed by atoms with E-state index in [2.05, 4.69) is 128 Å². The predicted molar refractivity (Wildman–Crippen MR) is 216 cm³/mol. The summed E-state index contributed by atoms with van der Waals surface area (Å²) in [6, 6.07) is 56.7. The molecular formula is C49H34N4. The Morgan fingerprint density at radius 2 is 1.06 bits per heavy atom. The molecule has 0 fully saturated rings. The maximum Gasteiger partial charge on any atom is 0.195 e. The highest BCUT2D eigenvalue weighted by molar-refractivity contribution is 5.92. The van der Waals surface area contributed by atoms with Gasteiger partial charge in [-0.25, -0.2) is 14.8 Å². The van der Waals surface area contributed by atoms with Crippen LogP contribution in [0.3, 0.4) is 0 Å². The fraction of sp³-hybridized carbons (Fsp3) is 0.0612. The Bertz CT molecular complexity index is 2670. The van der Waals surface area contributed by atoms with E-state index in [1.807, 2.05) is 60.8 Å². The third-order valence-corrected chi connectivity index (χ3v) is 10.4. The number of hydrogen-bond donors (Lipinski definition) is 0. The Hall–Kier alpha value is -6.96. The highest BCUT2D eigenvalue weighted by atomic mass is 14.9. The van der Waals surface area contributed by atoms with Crippen LogP contribution in [0.1, 0.15) is 25.0 Å². The molecule has 0 amide bonds. The summed E-state index contributed by atoms with van der Waals surface area (Å²) in [6.07, 6.45) is 1.83. The van der Waals surface area contributed by atoms with E-state index in [-0.39, 0.29) is 5.41 Å². The van der Waals surface area contributed by atoms with Crippen LogP contribution in [0.15, 0.2) is 170 Å². The minimum absolute atomic E-state index is 0.245. The summed E-state index contributed by atoms with van der Waals surface area (Å²) in [5.74, 6) is 0.669. The molecule has 53 heavy (non-hydrogen) atoms. The van der Waals surface area contributed by atoms with Gasteiger partial charge >= 0.3 is 0 Å². The van der Waals surface area contributed by atoms with Crippen LogP contribution in [-0.4, -0.2) is 15.0 Å². The molecule has 1 aliphatic carbocycles. The van der Waals surface area contributed by atoms with Gasteiger partial charge in [0.25, 0.3) is 0 Å². The smallest absolute Gasteiger partial charge is 0.195 e. The molecule has 0 N–H and O–H groups in total. The molecule has 4 nitrogen and oxygen atoms in total. The highest BCUT2D eigenvalue weighted by Crippen LogP contribution is 2.53. The molecule has 4 heteroatoms. The van der Waals surface area contributed by atoms with E-state index >= 15 is 0 Å². The van der Waals surface area contributed by atoms with Gasteiger partial charge in [0, 0.05) is 33.9 Å². The Balaban J connectivity index is 1.21. The highest BCUT2D eigenvalue weighted by Gasteiger charge is 2.36. The van der Waals surface area contributed by atoms with Gasteiger partial charge < -0.3 is 0 Å². The van der Waals surface area contributed by atoms with Crippen molar-refractivity contribution in [2.24, 2.45) is 0 Å². The van der Waals surface area contributed by atoms with Crippen LogP contribution in [0.25, 0.3) is 83.4 Å². The van der Waals surface area contributed by atoms with Gasteiger partial charge in [-0.2, -0.15) is 0 Å². The standard InChI is InChI=1S/C49H34N4/c1-49(2)41-17-12-19-44(50-3)47(41)40-25-24-36(30-42(40)49)37-27-38(43-18-10-11-26-51-43)29-39(28-37)46-31-45(52-48(53-46)35-15-8-5-9-16-35)34-22-20-33(21-23-34)32-13-6-4-7-14-32/h4-31H,1-2H3. The minimum atomic E-state index is -0.245. The average molecular weight is 679 g/mol. The van der Waals surface area contributed by atoms with Gasteiger partial charge in [-0.15, -0.1) is 0 Å². The van der Waals surface area contributed by atoms with Gasteiger partial charge in [-0.1, -0.05) is 135 Å². The fourth-order valence-electron chi connectivity index (χ4n) is 7.59. The van der Waals surface area contributed by atoms with E-state index in [0.717, 1.165) is 67.2 Å². The molecule has 2 aromatic heterocycles. The van der Waals surface area contributed by atoms with E-state index in [1.165, 1.54) is 16.7 Å². The maximum absolute atomic E-state index is 7.86. The zero-order valence-corrected chi connectivity index (χ0v) is 29.5. The van der Waals surface area contributed by atoms with Gasteiger partial charge in [0.2, 0.25) is 0 Å². The second-order valence-electron chi connectivity index (χ2n) is 14.0. The SMILES string of the molecule is [C-]#[N+]c1cccc2c1-c1ccc(-c3cc(-c4ccccn4)cc(-c4cc(-c5ccc(-c6ccccc6)cc5)nc(-c5ccccc5)n4)c3)cc1C2(C)C. The molecule has 0 saturated heterocycles. The molecule has 0 aliphatic heterocycles. The van der Waals surface area contributed by atoms with Crippen LogP contribution in [0.5, 0.6) is 0 Å². The molecule has 9 rings (SSSR count). The van der Waals surface area contributed by atoms with Gasteiger partial charge in [-0.05, 0) is 87.0 Å². The van der Waals surface area contributed by atoms with Gasteiger partial charge in [-0.3, -0.25) is 4.98 Å². The van der Waals surface area contributed by atoms with E-state index in [9.17, 15) is 0 Å². The fourth-order valence-corrected chi connectivity index (χ4v) is 7.59. The molecule has 0 atom stereocenters. The van der Waals surface area contributed by atoms with Crippen molar-refractivity contribution < 1.29 is 0 Å². The molecule has 0 radical (unpaired) electrons. The van der Waals surface area contributed by atoms with Crippen LogP contribution >= 0.6 is 0 Å². The Morgan fingerprint density at radius 1 is 0.453 bits per heavy atom. The first-order valence-electron chi connectivity index (χ1n) is 17.8. The Morgan fingerprint density at radius 3 is 1.75 bits per heavy atom. The van der Waals surface area contributed by atoms with Crippen molar-refractivity contribution in [3.63, 3.8) is 0 Å². The summed E-state index contributed by atoms with van der Waals surface area (Å²) in [5.41, 5.74) is 16.1. The third-order valence-electron chi connectivity index (χ3n) is 10.4. The predicted octanol–water partition coefficient (Wildman–Crippen LogP) is 12.7. The lowest BCUT2D eigenvalue weighted by atomic mass is 9.81. The summed E-state index contributed by atoms with van der Waals surface area (Å²) >= 11 is 0. The number of rotatable bonds is 6. The van der Waals surface area contributed by atoms with Crippen LogP contribution < -0.4 is 0 Å². The Kier molecular flexibility index (Phi) is 7.83. The first-order valence-corrected chi connectivity index (χ1v) is 17.8. The lowest BCUT2D eigenvalue weighted by molar-refractivity contribution is 0.661. The molecule has 8 aromatic rings. The van der Waals surface area contributed by atoms with Crippen molar-refractivity contribution in [1.29, 1.82) is 0 Å². The van der Waals surface area contributed by atoms with Crippen LogP contribution in [-0.2, 0) is 5.41 Å². The second-order valence-corrected chi connectivity index (χ2v) is 14.0. The number of aromatic nitrogens is 3. The van der Waals surface area contributed by atoms with Crippen LogP contribution in [0.2, 0.25) is 0 Å². The van der Waals surface area contributed by atoms with Crippen molar-refractivity contribution in [3.8, 4) is 78.5 Å². The third kappa shape index (κ3) is 5.79. The summed E-state index contributed by atoms with van der Waals surface area (Å²) in [4.78, 5) is 18.9. The molecule has 0 bridgehead atoms. The molecule has 2 heterocycles. The van der Waals surface area contributed by atoms with Crippen LogP contribution in [0, 0.1) is 6.57 Å². The molecule has 6 aromatic carbocycles. The number of nitrogens with zero attached hydrogens (tertiary/aromatic N) is 4. The van der Waals surface area contributed by atoms with Crippen molar-refractivity contribution in [2.75, 3.05) is 0 Å². The van der Waals surface area contributed by atoms with Crippen molar-refractivity contribution in [1.82, 2.24) is 15.0 Å². The summed E-state index contributed by atoms with van der Waals surface area (Å²) in [5, 5.41) is 0. The first-order chi connectivity index (χ1) is 26.0. The molecule has 0 unspecified atom stereocenters. The van der Waals surface area contributed by atoms with E-state index in [0.29, 0.717) is 11.5 Å². The van der Waals surface area contributed by atoms with Crippen molar-refractivity contribution in [2.45, 2.75) is 19.3 Å². The lowest BCUT2D eigenvalue weighted by Gasteiger charge is -2.22. The normalized spacial score (nSPS) is 12.5. The molecule has 250 valence electrons. The van der Waals surface area contributed by atoms with E-state index in [4.69, 9.17) is 21.5 Å². The Labute approximate surface area is 310 Å². The van der Waals surface area contributed by atoms with E-state index < -0.39 is 0 Å².